The summed E-state index contributed by atoms with van der Waals surface area (Å²) in [6, 6.07) is 12.3. The molecule has 0 aliphatic carbocycles. The van der Waals surface area contributed by atoms with Crippen LogP contribution in [0, 0.1) is 12.7 Å². The van der Waals surface area contributed by atoms with E-state index in [4.69, 9.17) is 0 Å². The van der Waals surface area contributed by atoms with Crippen molar-refractivity contribution < 1.29 is 12.8 Å². The van der Waals surface area contributed by atoms with E-state index in [1.54, 1.807) is 0 Å². The van der Waals surface area contributed by atoms with Crippen molar-refractivity contribution in [2.75, 3.05) is 12.8 Å². The van der Waals surface area contributed by atoms with Crippen LogP contribution >= 0.6 is 0 Å². The first-order valence-electron chi connectivity index (χ1n) is 8.79. The normalized spacial score (nSPS) is 12.1. The van der Waals surface area contributed by atoms with Crippen LogP contribution in [0.1, 0.15) is 29.2 Å². The molecule has 0 saturated carbocycles. The van der Waals surface area contributed by atoms with Crippen LogP contribution < -0.4 is 10.6 Å². The number of nitrogens with one attached hydrogen (secondary N) is 2. The minimum absolute atomic E-state index is 0.124. The minimum atomic E-state index is -3.21. The van der Waals surface area contributed by atoms with Crippen LogP contribution in [0.5, 0.6) is 0 Å². The standard InChI is InChI=1S/C20H26FN3O2S/c1-4-22-20(23-12-16-7-5-15(2)6-8-16)24-13-18-11-19(21)10-9-17(18)14-27(3,25)26/h5-11H,4,12-14H2,1-3H3,(H2,22,23,24). The fourth-order valence-electron chi connectivity index (χ4n) is 2.57. The van der Waals surface area contributed by atoms with Crippen molar-refractivity contribution in [2.45, 2.75) is 32.7 Å². The van der Waals surface area contributed by atoms with Crippen LogP contribution in [0.2, 0.25) is 0 Å². The Morgan fingerprint density at radius 1 is 1.07 bits per heavy atom. The summed E-state index contributed by atoms with van der Waals surface area (Å²) in [6.07, 6.45) is 1.17. The van der Waals surface area contributed by atoms with Crippen LogP contribution in [0.3, 0.4) is 0 Å². The fraction of sp³-hybridized carbons (Fsp3) is 0.350. The van der Waals surface area contributed by atoms with E-state index in [1.165, 1.54) is 30.0 Å². The summed E-state index contributed by atoms with van der Waals surface area (Å²) >= 11 is 0. The van der Waals surface area contributed by atoms with Gasteiger partial charge in [-0.15, -0.1) is 0 Å². The smallest absolute Gasteiger partial charge is 0.191 e. The molecule has 0 heterocycles. The van der Waals surface area contributed by atoms with Gasteiger partial charge in [0.1, 0.15) is 5.82 Å². The lowest BCUT2D eigenvalue weighted by atomic mass is 10.1. The highest BCUT2D eigenvalue weighted by atomic mass is 32.2. The van der Waals surface area contributed by atoms with E-state index in [0.717, 1.165) is 5.56 Å². The van der Waals surface area contributed by atoms with Gasteiger partial charge in [-0.1, -0.05) is 35.9 Å². The van der Waals surface area contributed by atoms with Gasteiger partial charge in [0.25, 0.3) is 0 Å². The SMILES string of the molecule is CCNC(=NCc1ccc(C)cc1)NCc1cc(F)ccc1CS(C)(=O)=O. The Labute approximate surface area is 160 Å². The molecule has 0 aliphatic rings. The van der Waals surface area contributed by atoms with E-state index >= 15 is 0 Å². The molecule has 2 N–H and O–H groups in total. The molecule has 0 aliphatic heterocycles. The molecule has 0 radical (unpaired) electrons. The number of halogens is 1. The van der Waals surface area contributed by atoms with Crippen molar-refractivity contribution in [2.24, 2.45) is 4.99 Å². The van der Waals surface area contributed by atoms with Gasteiger partial charge < -0.3 is 10.6 Å². The molecular formula is C20H26FN3O2S. The van der Waals surface area contributed by atoms with Gasteiger partial charge >= 0.3 is 0 Å². The number of hydrogen-bond acceptors (Lipinski definition) is 3. The average Bonchev–Trinajstić information content (AvgIpc) is 2.59. The van der Waals surface area contributed by atoms with E-state index in [-0.39, 0.29) is 12.3 Å². The summed E-state index contributed by atoms with van der Waals surface area (Å²) in [5.41, 5.74) is 3.46. The molecule has 0 amide bonds. The van der Waals surface area contributed by atoms with Gasteiger partial charge in [-0.25, -0.2) is 17.8 Å². The zero-order valence-corrected chi connectivity index (χ0v) is 16.7. The third kappa shape index (κ3) is 7.38. The maximum absolute atomic E-state index is 13.6. The maximum Gasteiger partial charge on any atom is 0.191 e. The van der Waals surface area contributed by atoms with Gasteiger partial charge in [-0.05, 0) is 42.7 Å². The fourth-order valence-corrected chi connectivity index (χ4v) is 3.41. The van der Waals surface area contributed by atoms with Crippen molar-refractivity contribution in [3.05, 3.63) is 70.5 Å². The second kappa shape index (κ2) is 9.50. The molecule has 0 fully saturated rings. The number of guanidine groups is 1. The number of rotatable bonds is 7. The van der Waals surface area contributed by atoms with E-state index in [1.807, 2.05) is 38.1 Å². The molecular weight excluding hydrogens is 365 g/mol. The van der Waals surface area contributed by atoms with Gasteiger partial charge in [0.05, 0.1) is 12.3 Å². The molecule has 0 unspecified atom stereocenters. The number of aryl methyl sites for hydroxylation is 1. The van der Waals surface area contributed by atoms with Gasteiger partial charge in [0, 0.05) is 19.3 Å². The molecule has 0 spiro atoms. The van der Waals surface area contributed by atoms with Crippen LogP contribution in [-0.2, 0) is 28.7 Å². The molecule has 2 aromatic rings. The Morgan fingerprint density at radius 3 is 2.41 bits per heavy atom. The van der Waals surface area contributed by atoms with Crippen molar-refractivity contribution in [1.82, 2.24) is 10.6 Å². The van der Waals surface area contributed by atoms with Crippen molar-refractivity contribution in [1.29, 1.82) is 0 Å². The first-order valence-corrected chi connectivity index (χ1v) is 10.9. The molecule has 5 nitrogen and oxygen atoms in total. The molecule has 2 rings (SSSR count). The minimum Gasteiger partial charge on any atom is -0.357 e. The molecule has 7 heteroatoms. The Balaban J connectivity index is 2.12. The van der Waals surface area contributed by atoms with E-state index in [9.17, 15) is 12.8 Å². The van der Waals surface area contributed by atoms with E-state index in [2.05, 4.69) is 15.6 Å². The highest BCUT2D eigenvalue weighted by molar-refractivity contribution is 7.89. The van der Waals surface area contributed by atoms with Crippen LogP contribution in [0.4, 0.5) is 4.39 Å². The predicted octanol–water partition coefficient (Wildman–Crippen LogP) is 2.93. The highest BCUT2D eigenvalue weighted by Gasteiger charge is 2.11. The van der Waals surface area contributed by atoms with Gasteiger partial charge in [0.2, 0.25) is 0 Å². The zero-order valence-electron chi connectivity index (χ0n) is 15.9. The van der Waals surface area contributed by atoms with Crippen LogP contribution in [0.15, 0.2) is 47.5 Å². The lowest BCUT2D eigenvalue weighted by Crippen LogP contribution is -2.37. The lowest BCUT2D eigenvalue weighted by molar-refractivity contribution is 0.599. The number of hydrogen-bond donors (Lipinski definition) is 2. The maximum atomic E-state index is 13.6. The molecule has 0 bridgehead atoms. The number of sulfone groups is 1. The lowest BCUT2D eigenvalue weighted by Gasteiger charge is -2.14. The molecule has 146 valence electrons. The van der Waals surface area contributed by atoms with Gasteiger partial charge in [0.15, 0.2) is 15.8 Å². The van der Waals surface area contributed by atoms with Gasteiger partial charge in [-0.2, -0.15) is 0 Å². The van der Waals surface area contributed by atoms with Crippen molar-refractivity contribution >= 4 is 15.8 Å². The zero-order chi connectivity index (χ0) is 19.9. The van der Waals surface area contributed by atoms with Crippen LogP contribution in [0.25, 0.3) is 0 Å². The monoisotopic (exact) mass is 391 g/mol. The summed E-state index contributed by atoms with van der Waals surface area (Å²) in [7, 11) is -3.21. The molecule has 27 heavy (non-hydrogen) atoms. The topological polar surface area (TPSA) is 70.6 Å². The number of benzene rings is 2. The molecule has 2 aromatic carbocycles. The molecule has 0 saturated heterocycles. The summed E-state index contributed by atoms with van der Waals surface area (Å²) < 4.78 is 36.9. The molecule has 0 aromatic heterocycles. The number of nitrogens with zero attached hydrogens (tertiary/aromatic N) is 1. The molecule has 0 atom stereocenters. The summed E-state index contributed by atoms with van der Waals surface area (Å²) in [4.78, 5) is 4.54. The summed E-state index contributed by atoms with van der Waals surface area (Å²) in [6.45, 7) is 5.46. The van der Waals surface area contributed by atoms with Crippen LogP contribution in [-0.4, -0.2) is 27.2 Å². The van der Waals surface area contributed by atoms with Gasteiger partial charge in [-0.3, -0.25) is 0 Å². The largest absolute Gasteiger partial charge is 0.357 e. The third-order valence-corrected chi connectivity index (χ3v) is 4.75. The van der Waals surface area contributed by atoms with Crippen molar-refractivity contribution in [3.63, 3.8) is 0 Å². The Morgan fingerprint density at radius 2 is 1.78 bits per heavy atom. The predicted molar refractivity (Wildman–Crippen MR) is 108 cm³/mol. The van der Waals surface area contributed by atoms with E-state index < -0.39 is 15.7 Å². The summed E-state index contributed by atoms with van der Waals surface area (Å²) in [5, 5.41) is 6.29. The van der Waals surface area contributed by atoms with E-state index in [0.29, 0.717) is 30.2 Å². The number of aliphatic imine (C=N–C) groups is 1. The average molecular weight is 392 g/mol. The second-order valence-electron chi connectivity index (χ2n) is 6.52. The van der Waals surface area contributed by atoms with Crippen molar-refractivity contribution in [3.8, 4) is 0 Å². The quantitative estimate of drug-likeness (QED) is 0.562. The Hall–Kier alpha value is -2.41. The Bertz CT molecular complexity index is 894. The highest BCUT2D eigenvalue weighted by Crippen LogP contribution is 2.14. The summed E-state index contributed by atoms with van der Waals surface area (Å²) in [5.74, 6) is 0.0692. The second-order valence-corrected chi connectivity index (χ2v) is 8.66. The Kier molecular flexibility index (Phi) is 7.36. The first kappa shape index (κ1) is 20.9. The first-order chi connectivity index (χ1) is 12.8. The third-order valence-electron chi connectivity index (χ3n) is 3.92.